The number of fused-ring (bicyclic) bond motifs is 1. The van der Waals surface area contributed by atoms with E-state index in [-0.39, 0.29) is 29.7 Å². The van der Waals surface area contributed by atoms with Crippen molar-refractivity contribution in [3.63, 3.8) is 0 Å². The minimum Gasteiger partial charge on any atom is -0.322 e. The van der Waals surface area contributed by atoms with Gasteiger partial charge >= 0.3 is 0 Å². The van der Waals surface area contributed by atoms with Gasteiger partial charge in [0.2, 0.25) is 11.8 Å². The van der Waals surface area contributed by atoms with Crippen molar-refractivity contribution in [2.45, 2.75) is 43.9 Å². The topological polar surface area (TPSA) is 81.8 Å². The number of hydrogen-bond acceptors (Lipinski definition) is 5. The van der Waals surface area contributed by atoms with Crippen molar-refractivity contribution >= 4 is 17.7 Å². The molecule has 1 atom stereocenters. The zero-order valence-corrected chi connectivity index (χ0v) is 15.7. The van der Waals surface area contributed by atoms with Crippen LogP contribution in [-0.4, -0.2) is 58.7 Å². The van der Waals surface area contributed by atoms with Crippen molar-refractivity contribution in [2.24, 2.45) is 0 Å². The molecule has 0 aromatic heterocycles. The smallest absolute Gasteiger partial charge is 0.255 e. The Bertz CT molecular complexity index is 890. The van der Waals surface area contributed by atoms with E-state index in [0.717, 1.165) is 38.2 Å². The van der Waals surface area contributed by atoms with Crippen LogP contribution >= 0.6 is 0 Å². The zero-order chi connectivity index (χ0) is 19.3. The van der Waals surface area contributed by atoms with E-state index in [4.69, 9.17) is 0 Å². The summed E-state index contributed by atoms with van der Waals surface area (Å²) in [5, 5.41) is 5.75. The number of carbonyl (C=O) groups is 3. The maximum Gasteiger partial charge on any atom is 0.255 e. The SMILES string of the molecule is O=C1CCC(N2Cc3cc(CN4CC=CCC45CNC5)ccc3C2=O)C(=O)N1. The van der Waals surface area contributed by atoms with E-state index in [0.29, 0.717) is 18.5 Å². The highest BCUT2D eigenvalue weighted by atomic mass is 16.2. The summed E-state index contributed by atoms with van der Waals surface area (Å²) >= 11 is 0. The Morgan fingerprint density at radius 2 is 2.00 bits per heavy atom. The predicted octanol–water partition coefficient (Wildman–Crippen LogP) is 0.552. The quantitative estimate of drug-likeness (QED) is 0.591. The summed E-state index contributed by atoms with van der Waals surface area (Å²) < 4.78 is 0. The normalized spacial score (nSPS) is 26.4. The number of nitrogens with zero attached hydrogens (tertiary/aromatic N) is 2. The van der Waals surface area contributed by atoms with Gasteiger partial charge in [0.25, 0.3) is 5.91 Å². The van der Waals surface area contributed by atoms with Crippen LogP contribution in [0.15, 0.2) is 30.4 Å². The van der Waals surface area contributed by atoms with Crippen LogP contribution in [-0.2, 0) is 22.7 Å². The highest BCUT2D eigenvalue weighted by Crippen LogP contribution is 2.32. The molecule has 28 heavy (non-hydrogen) atoms. The van der Waals surface area contributed by atoms with Crippen LogP contribution in [0.3, 0.4) is 0 Å². The van der Waals surface area contributed by atoms with Crippen LogP contribution in [0.1, 0.15) is 40.7 Å². The van der Waals surface area contributed by atoms with E-state index in [9.17, 15) is 14.4 Å². The molecule has 0 saturated carbocycles. The molecule has 1 spiro atoms. The van der Waals surface area contributed by atoms with Crippen molar-refractivity contribution in [3.05, 3.63) is 47.0 Å². The van der Waals surface area contributed by atoms with Crippen LogP contribution in [0, 0.1) is 0 Å². The van der Waals surface area contributed by atoms with Crippen molar-refractivity contribution in [3.8, 4) is 0 Å². The van der Waals surface area contributed by atoms with E-state index in [2.05, 4.69) is 33.8 Å². The molecule has 0 bridgehead atoms. The zero-order valence-electron chi connectivity index (χ0n) is 15.7. The third-order valence-electron chi connectivity index (χ3n) is 6.53. The minimum atomic E-state index is -0.558. The third kappa shape index (κ3) is 2.77. The molecule has 0 radical (unpaired) electrons. The van der Waals surface area contributed by atoms with Crippen LogP contribution in [0.25, 0.3) is 0 Å². The van der Waals surface area contributed by atoms with Crippen molar-refractivity contribution < 1.29 is 14.4 Å². The van der Waals surface area contributed by atoms with E-state index < -0.39 is 6.04 Å². The Morgan fingerprint density at radius 1 is 1.14 bits per heavy atom. The minimum absolute atomic E-state index is 0.114. The Labute approximate surface area is 163 Å². The molecule has 4 aliphatic heterocycles. The highest BCUT2D eigenvalue weighted by molar-refractivity contribution is 6.05. The predicted molar refractivity (Wildman–Crippen MR) is 102 cm³/mol. The first kappa shape index (κ1) is 17.6. The number of amides is 3. The molecule has 1 unspecified atom stereocenters. The molecule has 2 saturated heterocycles. The molecule has 7 heteroatoms. The molecular weight excluding hydrogens is 356 g/mol. The Kier molecular flexibility index (Phi) is 4.10. The molecule has 4 aliphatic rings. The molecule has 4 heterocycles. The first-order valence-electron chi connectivity index (χ1n) is 9.93. The van der Waals surface area contributed by atoms with E-state index in [1.165, 1.54) is 5.56 Å². The van der Waals surface area contributed by atoms with Gasteiger partial charge in [-0.25, -0.2) is 0 Å². The van der Waals surface area contributed by atoms with Crippen molar-refractivity contribution in [2.75, 3.05) is 19.6 Å². The van der Waals surface area contributed by atoms with Gasteiger partial charge in [0.05, 0.1) is 0 Å². The number of nitrogens with one attached hydrogen (secondary N) is 2. The highest BCUT2D eigenvalue weighted by Gasteiger charge is 2.43. The third-order valence-corrected chi connectivity index (χ3v) is 6.53. The van der Waals surface area contributed by atoms with Gasteiger partial charge in [0, 0.05) is 50.2 Å². The summed E-state index contributed by atoms with van der Waals surface area (Å²) in [5.74, 6) is -0.739. The van der Waals surface area contributed by atoms with Gasteiger partial charge in [-0.1, -0.05) is 24.3 Å². The average molecular weight is 380 g/mol. The van der Waals surface area contributed by atoms with Crippen molar-refractivity contribution in [1.29, 1.82) is 0 Å². The lowest BCUT2D eigenvalue weighted by molar-refractivity contribution is -0.136. The number of benzene rings is 1. The first-order chi connectivity index (χ1) is 13.6. The van der Waals surface area contributed by atoms with Gasteiger partial charge < -0.3 is 10.2 Å². The van der Waals surface area contributed by atoms with E-state index in [1.807, 2.05) is 12.1 Å². The summed E-state index contributed by atoms with van der Waals surface area (Å²) in [6.07, 6.45) is 6.25. The standard InChI is InChI=1S/C21H24N4O3/c26-18-6-5-17(19(27)23-18)25-11-15-9-14(3-4-16(15)20(25)28)10-24-8-2-1-7-21(24)12-22-13-21/h1-4,9,17,22H,5-8,10-13H2,(H,23,26,27). The Morgan fingerprint density at radius 3 is 2.75 bits per heavy atom. The average Bonchev–Trinajstić information content (AvgIpc) is 2.97. The first-order valence-corrected chi connectivity index (χ1v) is 9.93. The number of piperidine rings is 1. The fourth-order valence-electron chi connectivity index (χ4n) is 4.79. The van der Waals surface area contributed by atoms with Gasteiger partial charge in [0.1, 0.15) is 6.04 Å². The van der Waals surface area contributed by atoms with Gasteiger partial charge in [-0.3, -0.25) is 24.6 Å². The monoisotopic (exact) mass is 380 g/mol. The maximum atomic E-state index is 12.8. The summed E-state index contributed by atoms with van der Waals surface area (Å²) in [5.41, 5.74) is 3.06. The lowest BCUT2D eigenvalue weighted by Crippen LogP contribution is -2.69. The molecule has 146 valence electrons. The van der Waals surface area contributed by atoms with Crippen molar-refractivity contribution in [1.82, 2.24) is 20.4 Å². The number of hydrogen-bond donors (Lipinski definition) is 2. The second-order valence-electron chi connectivity index (χ2n) is 8.28. The molecular formula is C21H24N4O3. The molecule has 0 aliphatic carbocycles. The summed E-state index contributed by atoms with van der Waals surface area (Å²) in [7, 11) is 0. The van der Waals surface area contributed by atoms with Gasteiger partial charge in [-0.2, -0.15) is 0 Å². The van der Waals surface area contributed by atoms with Gasteiger partial charge in [-0.15, -0.1) is 0 Å². The van der Waals surface area contributed by atoms with Gasteiger partial charge in [0.15, 0.2) is 0 Å². The molecule has 2 N–H and O–H groups in total. The second-order valence-corrected chi connectivity index (χ2v) is 8.28. The summed E-state index contributed by atoms with van der Waals surface area (Å²) in [4.78, 5) is 40.5. The molecule has 5 rings (SSSR count). The van der Waals surface area contributed by atoms with E-state index >= 15 is 0 Å². The van der Waals surface area contributed by atoms with Crippen LogP contribution in [0.5, 0.6) is 0 Å². The van der Waals surface area contributed by atoms with Crippen LogP contribution < -0.4 is 10.6 Å². The number of rotatable bonds is 3. The summed E-state index contributed by atoms with van der Waals surface area (Å²) in [6, 6.07) is 5.47. The van der Waals surface area contributed by atoms with Crippen LogP contribution in [0.2, 0.25) is 0 Å². The van der Waals surface area contributed by atoms with E-state index in [1.54, 1.807) is 4.90 Å². The fourth-order valence-corrected chi connectivity index (χ4v) is 4.79. The fraction of sp³-hybridized carbons (Fsp3) is 0.476. The Hall–Kier alpha value is -2.51. The molecule has 1 aromatic rings. The van der Waals surface area contributed by atoms with Crippen LogP contribution in [0.4, 0.5) is 0 Å². The molecule has 1 aromatic carbocycles. The lowest BCUT2D eigenvalue weighted by atomic mass is 9.84. The molecule has 3 amide bonds. The second kappa shape index (κ2) is 6.53. The number of carbonyl (C=O) groups excluding carboxylic acids is 3. The molecule has 7 nitrogen and oxygen atoms in total. The largest absolute Gasteiger partial charge is 0.322 e. The summed E-state index contributed by atoms with van der Waals surface area (Å²) in [6.45, 7) is 4.26. The lowest BCUT2D eigenvalue weighted by Gasteiger charge is -2.52. The Balaban J connectivity index is 1.34. The number of imide groups is 1. The molecule has 2 fully saturated rings. The maximum absolute atomic E-state index is 12.8. The van der Waals surface area contributed by atoms with Gasteiger partial charge in [-0.05, 0) is 30.0 Å².